The van der Waals surface area contributed by atoms with Crippen molar-refractivity contribution >= 4 is 6.08 Å². The molecule has 0 saturated carbocycles. The molecule has 0 bridgehead atoms. The van der Waals surface area contributed by atoms with E-state index >= 15 is 0 Å². The Hall–Kier alpha value is -4.57. The van der Waals surface area contributed by atoms with Gasteiger partial charge in [-0.3, -0.25) is 10.3 Å². The SMILES string of the molecule is CNCO[C@@H]1Cc2c(cc(OCCO)c3c2C[C@@H](Cc2ccc4c(c2)=CCN=4)c2cc(O)ccc2-3)O[C@@H]1c1ccc(O)c(OC)c1. The molecule has 1 aliphatic carbocycles. The van der Waals surface area contributed by atoms with Gasteiger partial charge in [-0.15, -0.1) is 0 Å². The molecule has 4 aromatic rings. The molecule has 0 aromatic heterocycles. The van der Waals surface area contributed by atoms with Gasteiger partial charge in [0.2, 0.25) is 0 Å². The second-order valence-electron chi connectivity index (χ2n) is 12.0. The van der Waals surface area contributed by atoms with Gasteiger partial charge < -0.3 is 34.3 Å². The number of nitrogens with zero attached hydrogens (tertiary/aromatic N) is 1. The van der Waals surface area contributed by atoms with Crippen molar-refractivity contribution in [3.05, 3.63) is 99.1 Å². The Balaban J connectivity index is 1.35. The molecule has 9 nitrogen and oxygen atoms in total. The van der Waals surface area contributed by atoms with Gasteiger partial charge in [0.15, 0.2) is 17.6 Å². The van der Waals surface area contributed by atoms with Crippen molar-refractivity contribution in [2.45, 2.75) is 37.4 Å². The molecule has 2 heterocycles. The number of phenolic OH excluding ortho intramolecular Hbond substituents is 2. The largest absolute Gasteiger partial charge is 0.508 e. The number of phenols is 2. The van der Waals surface area contributed by atoms with Crippen LogP contribution in [0.3, 0.4) is 0 Å². The summed E-state index contributed by atoms with van der Waals surface area (Å²) in [6, 6.07) is 19.1. The maximum Gasteiger partial charge on any atom is 0.160 e. The third-order valence-electron chi connectivity index (χ3n) is 9.13. The first kappa shape index (κ1) is 30.1. The van der Waals surface area contributed by atoms with Crippen LogP contribution in [0.4, 0.5) is 0 Å². The number of hydrogen-bond acceptors (Lipinski definition) is 9. The van der Waals surface area contributed by atoms with Crippen molar-refractivity contribution in [3.8, 4) is 39.9 Å². The normalized spacial score (nSPS) is 19.1. The van der Waals surface area contributed by atoms with E-state index in [1.54, 1.807) is 18.2 Å². The molecule has 238 valence electrons. The first-order valence-corrected chi connectivity index (χ1v) is 15.7. The fraction of sp³-hybridized carbons (Fsp3) is 0.324. The lowest BCUT2D eigenvalue weighted by molar-refractivity contribution is -0.0428. The van der Waals surface area contributed by atoms with Gasteiger partial charge in [0.05, 0.1) is 32.3 Å². The summed E-state index contributed by atoms with van der Waals surface area (Å²) >= 11 is 0. The number of aromatic hydroxyl groups is 2. The fourth-order valence-corrected chi connectivity index (χ4v) is 7.08. The number of hydrogen-bond donors (Lipinski definition) is 4. The second kappa shape index (κ2) is 12.7. The predicted octanol–water partition coefficient (Wildman–Crippen LogP) is 3.68. The summed E-state index contributed by atoms with van der Waals surface area (Å²) in [5, 5.41) is 35.8. The molecule has 3 atom stereocenters. The summed E-state index contributed by atoms with van der Waals surface area (Å²) in [4.78, 5) is 4.55. The van der Waals surface area contributed by atoms with Gasteiger partial charge in [0, 0.05) is 23.6 Å². The zero-order valence-corrected chi connectivity index (χ0v) is 26.0. The molecule has 0 spiro atoms. The molecule has 9 heteroatoms. The van der Waals surface area contributed by atoms with Crippen LogP contribution in [0.1, 0.15) is 39.8 Å². The molecule has 46 heavy (non-hydrogen) atoms. The van der Waals surface area contributed by atoms with E-state index in [-0.39, 0.29) is 36.7 Å². The minimum absolute atomic E-state index is 0.0512. The van der Waals surface area contributed by atoms with Crippen molar-refractivity contribution in [3.63, 3.8) is 0 Å². The number of benzene rings is 4. The van der Waals surface area contributed by atoms with E-state index in [0.717, 1.165) is 50.4 Å². The van der Waals surface area contributed by atoms with Crippen molar-refractivity contribution < 1.29 is 34.3 Å². The monoisotopic (exact) mass is 622 g/mol. The van der Waals surface area contributed by atoms with Crippen molar-refractivity contribution in [1.82, 2.24) is 5.32 Å². The minimum Gasteiger partial charge on any atom is -0.508 e. The quantitative estimate of drug-likeness (QED) is 0.198. The minimum atomic E-state index is -0.476. The number of ether oxygens (including phenoxy) is 4. The molecule has 0 fully saturated rings. The van der Waals surface area contributed by atoms with Crippen molar-refractivity contribution in [2.75, 3.05) is 40.6 Å². The fourth-order valence-electron chi connectivity index (χ4n) is 7.08. The number of aliphatic hydroxyl groups excluding tert-OH is 1. The average Bonchev–Trinajstić information content (AvgIpc) is 3.54. The van der Waals surface area contributed by atoms with Gasteiger partial charge in [-0.05, 0) is 95.2 Å². The highest BCUT2D eigenvalue weighted by atomic mass is 16.6. The molecule has 0 saturated heterocycles. The Bertz CT molecular complexity index is 1910. The van der Waals surface area contributed by atoms with E-state index in [1.165, 1.54) is 12.7 Å². The highest BCUT2D eigenvalue weighted by Gasteiger charge is 2.38. The highest BCUT2D eigenvalue weighted by molar-refractivity contribution is 5.83. The standard InChI is InChI=1S/C37H38N2O7/c1-38-20-45-35-18-28-29-15-24(14-21-3-7-30-22(13-21)9-10-39-30)27-17-25(41)5-6-26(27)36(29)34(44-12-11-40)19-32(28)46-37(35)23-4-8-31(42)33(16-23)43-2/h3-9,13,16-17,19,24,35,37-38,40-42H,10-12,14-15,18,20H2,1-2H3/t24-,35-,37-/m1/s1. The number of nitrogens with one attached hydrogen (secondary N) is 1. The zero-order chi connectivity index (χ0) is 31.8. The van der Waals surface area contributed by atoms with Crippen LogP contribution in [-0.4, -0.2) is 62.1 Å². The number of methoxy groups -OCH3 is 1. The van der Waals surface area contributed by atoms with Gasteiger partial charge in [-0.1, -0.05) is 24.3 Å². The smallest absolute Gasteiger partial charge is 0.160 e. The van der Waals surface area contributed by atoms with E-state index in [1.807, 2.05) is 31.3 Å². The Labute approximate surface area is 267 Å². The maximum atomic E-state index is 10.6. The Kier molecular flexibility index (Phi) is 8.29. The topological polar surface area (TPSA) is 122 Å². The molecular weight excluding hydrogens is 584 g/mol. The van der Waals surface area contributed by atoms with Crippen molar-refractivity contribution in [1.29, 1.82) is 0 Å². The third-order valence-corrected chi connectivity index (χ3v) is 9.13. The van der Waals surface area contributed by atoms with Gasteiger partial charge in [0.1, 0.15) is 30.0 Å². The van der Waals surface area contributed by atoms with Gasteiger partial charge in [-0.2, -0.15) is 0 Å². The van der Waals surface area contributed by atoms with Crippen LogP contribution in [0.15, 0.2) is 65.7 Å². The first-order chi connectivity index (χ1) is 22.5. The average molecular weight is 623 g/mol. The molecule has 4 aromatic carbocycles. The van der Waals surface area contributed by atoms with Gasteiger partial charge >= 0.3 is 0 Å². The number of aliphatic hydroxyl groups is 1. The molecule has 3 aliphatic rings. The van der Waals surface area contributed by atoms with Crippen LogP contribution in [0.2, 0.25) is 0 Å². The van der Waals surface area contributed by atoms with Crippen LogP contribution in [-0.2, 0) is 24.0 Å². The van der Waals surface area contributed by atoms with Gasteiger partial charge in [-0.25, -0.2) is 0 Å². The van der Waals surface area contributed by atoms with Crippen LogP contribution in [0, 0.1) is 0 Å². The summed E-state index contributed by atoms with van der Waals surface area (Å²) in [6.07, 6.45) is 3.41. The Morgan fingerprint density at radius 2 is 1.87 bits per heavy atom. The molecule has 4 N–H and O–H groups in total. The van der Waals surface area contributed by atoms with Crippen molar-refractivity contribution in [2.24, 2.45) is 4.99 Å². The number of fused-ring (bicyclic) bond motifs is 6. The van der Waals surface area contributed by atoms with Gasteiger partial charge in [0.25, 0.3) is 0 Å². The predicted molar refractivity (Wildman–Crippen MR) is 173 cm³/mol. The molecule has 2 aliphatic heterocycles. The Morgan fingerprint density at radius 1 is 0.978 bits per heavy atom. The lowest BCUT2D eigenvalue weighted by Gasteiger charge is -2.38. The summed E-state index contributed by atoms with van der Waals surface area (Å²) < 4.78 is 24.7. The molecule has 7 rings (SSSR count). The lowest BCUT2D eigenvalue weighted by atomic mass is 9.73. The lowest BCUT2D eigenvalue weighted by Crippen LogP contribution is -2.36. The van der Waals surface area contributed by atoms with Crippen LogP contribution >= 0.6 is 0 Å². The van der Waals surface area contributed by atoms with E-state index in [9.17, 15) is 15.3 Å². The summed E-state index contributed by atoms with van der Waals surface area (Å²) in [7, 11) is 3.36. The van der Waals surface area contributed by atoms with E-state index < -0.39 is 6.10 Å². The molecule has 0 unspecified atom stereocenters. The molecule has 0 radical (unpaired) electrons. The zero-order valence-electron chi connectivity index (χ0n) is 26.0. The van der Waals surface area contributed by atoms with Crippen LogP contribution < -0.4 is 30.1 Å². The van der Waals surface area contributed by atoms with E-state index in [4.69, 9.17) is 18.9 Å². The molecular formula is C37H38N2O7. The summed E-state index contributed by atoms with van der Waals surface area (Å²) in [5.41, 5.74) is 7.22. The maximum absolute atomic E-state index is 10.6. The number of rotatable bonds is 10. The second-order valence-corrected chi connectivity index (χ2v) is 12.0. The van der Waals surface area contributed by atoms with Crippen LogP contribution in [0.5, 0.6) is 28.7 Å². The van der Waals surface area contributed by atoms with Crippen LogP contribution in [0.25, 0.3) is 17.2 Å². The molecule has 0 amide bonds. The highest BCUT2D eigenvalue weighted by Crippen LogP contribution is 2.52. The summed E-state index contributed by atoms with van der Waals surface area (Å²) in [5.74, 6) is 2.04. The third kappa shape index (κ3) is 5.55. The first-order valence-electron chi connectivity index (χ1n) is 15.7. The Morgan fingerprint density at radius 3 is 2.70 bits per heavy atom. The van der Waals surface area contributed by atoms with E-state index in [0.29, 0.717) is 43.4 Å². The van der Waals surface area contributed by atoms with E-state index in [2.05, 4.69) is 34.6 Å². The summed E-state index contributed by atoms with van der Waals surface area (Å²) in [6.45, 7) is 1.05.